The van der Waals surface area contributed by atoms with E-state index in [4.69, 9.17) is 0 Å². The molecule has 1 unspecified atom stereocenters. The van der Waals surface area contributed by atoms with Crippen LogP contribution in [0.3, 0.4) is 0 Å². The number of hydrogen-bond donors (Lipinski definition) is 1. The van der Waals surface area contributed by atoms with Gasteiger partial charge in [0, 0.05) is 51.0 Å². The molecular formula is C21H31N3O2. The van der Waals surface area contributed by atoms with Crippen molar-refractivity contribution in [2.75, 3.05) is 32.7 Å². The Kier molecular flexibility index (Phi) is 6.30. The lowest BCUT2D eigenvalue weighted by Crippen LogP contribution is -2.54. The van der Waals surface area contributed by atoms with Crippen molar-refractivity contribution in [3.63, 3.8) is 0 Å². The van der Waals surface area contributed by atoms with E-state index < -0.39 is 0 Å². The Bertz CT molecular complexity index is 619. The number of likely N-dealkylation sites (tertiary alicyclic amines) is 2. The predicted octanol–water partition coefficient (Wildman–Crippen LogP) is 2.42. The molecule has 2 amide bonds. The number of piperidine rings is 2. The standard InChI is InChI=1S/C21H31N3O2/c1-2-22-19(25)10-14-23-13-6-11-21(16-23)12-9-20(26)24(17-21)15-18-7-4-3-5-8-18/h3-5,7-8H,2,6,9-17H2,1H3,(H,22,25). The second-order valence-electron chi connectivity index (χ2n) is 7.82. The summed E-state index contributed by atoms with van der Waals surface area (Å²) in [4.78, 5) is 28.7. The Morgan fingerprint density at radius 3 is 2.77 bits per heavy atom. The van der Waals surface area contributed by atoms with Gasteiger partial charge in [0.2, 0.25) is 11.8 Å². The van der Waals surface area contributed by atoms with Crippen molar-refractivity contribution >= 4 is 11.8 Å². The van der Waals surface area contributed by atoms with Crippen molar-refractivity contribution < 1.29 is 9.59 Å². The first-order valence-electron chi connectivity index (χ1n) is 9.91. The summed E-state index contributed by atoms with van der Waals surface area (Å²) >= 11 is 0. The Balaban J connectivity index is 1.59. The Labute approximate surface area is 156 Å². The number of amides is 2. The molecule has 0 aliphatic carbocycles. The van der Waals surface area contributed by atoms with Gasteiger partial charge in [0.15, 0.2) is 0 Å². The monoisotopic (exact) mass is 357 g/mol. The zero-order valence-electron chi connectivity index (χ0n) is 15.9. The maximum Gasteiger partial charge on any atom is 0.222 e. The highest BCUT2D eigenvalue weighted by atomic mass is 16.2. The van der Waals surface area contributed by atoms with Crippen LogP contribution in [0, 0.1) is 5.41 Å². The highest BCUT2D eigenvalue weighted by Crippen LogP contribution is 2.39. The van der Waals surface area contributed by atoms with Crippen molar-refractivity contribution in [2.45, 2.75) is 45.6 Å². The van der Waals surface area contributed by atoms with Crippen molar-refractivity contribution in [2.24, 2.45) is 5.41 Å². The third kappa shape index (κ3) is 4.85. The number of carbonyl (C=O) groups is 2. The molecule has 0 saturated carbocycles. The number of nitrogens with zero attached hydrogens (tertiary/aromatic N) is 2. The molecule has 1 atom stereocenters. The molecule has 3 rings (SSSR count). The van der Waals surface area contributed by atoms with E-state index >= 15 is 0 Å². The fourth-order valence-electron chi connectivity index (χ4n) is 4.43. The van der Waals surface area contributed by atoms with Gasteiger partial charge in [0.05, 0.1) is 0 Å². The van der Waals surface area contributed by atoms with E-state index in [1.54, 1.807) is 0 Å². The zero-order chi connectivity index (χ0) is 18.4. The van der Waals surface area contributed by atoms with Crippen LogP contribution in [0.1, 0.15) is 44.6 Å². The molecular weight excluding hydrogens is 326 g/mol. The van der Waals surface area contributed by atoms with Gasteiger partial charge < -0.3 is 15.1 Å². The number of nitrogens with one attached hydrogen (secondary N) is 1. The number of carbonyl (C=O) groups excluding carboxylic acids is 2. The van der Waals surface area contributed by atoms with Gasteiger partial charge in [-0.3, -0.25) is 9.59 Å². The van der Waals surface area contributed by atoms with Gasteiger partial charge in [-0.15, -0.1) is 0 Å². The van der Waals surface area contributed by atoms with Crippen LogP contribution in [0.2, 0.25) is 0 Å². The van der Waals surface area contributed by atoms with Gasteiger partial charge in [-0.05, 0) is 38.3 Å². The Morgan fingerprint density at radius 2 is 2.00 bits per heavy atom. The molecule has 0 radical (unpaired) electrons. The third-order valence-corrected chi connectivity index (χ3v) is 5.73. The summed E-state index contributed by atoms with van der Waals surface area (Å²) in [6, 6.07) is 10.3. The van der Waals surface area contributed by atoms with E-state index in [1.807, 2.05) is 30.0 Å². The van der Waals surface area contributed by atoms with Gasteiger partial charge in [0.1, 0.15) is 0 Å². The molecule has 1 aromatic rings. The number of benzene rings is 1. The number of hydrogen-bond acceptors (Lipinski definition) is 3. The van der Waals surface area contributed by atoms with Crippen LogP contribution in [-0.4, -0.2) is 54.3 Å². The van der Waals surface area contributed by atoms with Crippen LogP contribution in [0.4, 0.5) is 0 Å². The maximum atomic E-state index is 12.5. The summed E-state index contributed by atoms with van der Waals surface area (Å²) in [7, 11) is 0. The first-order valence-corrected chi connectivity index (χ1v) is 9.91. The fraction of sp³-hybridized carbons (Fsp3) is 0.619. The lowest BCUT2D eigenvalue weighted by atomic mass is 9.73. The summed E-state index contributed by atoms with van der Waals surface area (Å²) in [6.07, 6.45) is 4.54. The van der Waals surface area contributed by atoms with Gasteiger partial charge in [-0.2, -0.15) is 0 Å². The topological polar surface area (TPSA) is 52.7 Å². The quantitative estimate of drug-likeness (QED) is 0.851. The summed E-state index contributed by atoms with van der Waals surface area (Å²) in [5.41, 5.74) is 1.39. The van der Waals surface area contributed by atoms with Crippen LogP contribution in [0.5, 0.6) is 0 Å². The van der Waals surface area contributed by atoms with Crippen LogP contribution in [0.15, 0.2) is 30.3 Å². The third-order valence-electron chi connectivity index (χ3n) is 5.73. The molecule has 0 bridgehead atoms. The van der Waals surface area contributed by atoms with Gasteiger partial charge in [-0.25, -0.2) is 0 Å². The lowest BCUT2D eigenvalue weighted by Gasteiger charge is -2.48. The van der Waals surface area contributed by atoms with Crippen LogP contribution in [0.25, 0.3) is 0 Å². The average molecular weight is 357 g/mol. The second kappa shape index (κ2) is 8.67. The molecule has 2 fully saturated rings. The minimum Gasteiger partial charge on any atom is -0.356 e. The van der Waals surface area contributed by atoms with E-state index in [9.17, 15) is 9.59 Å². The highest BCUT2D eigenvalue weighted by Gasteiger charge is 2.41. The Hall–Kier alpha value is -1.88. The first kappa shape index (κ1) is 18.9. The van der Waals surface area contributed by atoms with Gasteiger partial charge >= 0.3 is 0 Å². The van der Waals surface area contributed by atoms with Gasteiger partial charge in [-0.1, -0.05) is 30.3 Å². The van der Waals surface area contributed by atoms with Gasteiger partial charge in [0.25, 0.3) is 0 Å². The van der Waals surface area contributed by atoms with E-state index in [2.05, 4.69) is 22.3 Å². The molecule has 142 valence electrons. The molecule has 5 heteroatoms. The normalized spacial score (nSPS) is 24.0. The fourth-order valence-corrected chi connectivity index (χ4v) is 4.43. The summed E-state index contributed by atoms with van der Waals surface area (Å²) in [6.45, 7) is 7.09. The van der Waals surface area contributed by atoms with Crippen LogP contribution in [-0.2, 0) is 16.1 Å². The van der Waals surface area contributed by atoms with Crippen LogP contribution >= 0.6 is 0 Å². The lowest BCUT2D eigenvalue weighted by molar-refractivity contribution is -0.140. The van der Waals surface area contributed by atoms with Crippen molar-refractivity contribution in [1.82, 2.24) is 15.1 Å². The van der Waals surface area contributed by atoms with Crippen molar-refractivity contribution in [1.29, 1.82) is 0 Å². The maximum absolute atomic E-state index is 12.5. The molecule has 2 aliphatic rings. The molecule has 1 N–H and O–H groups in total. The SMILES string of the molecule is CCNC(=O)CCN1CCCC2(CCC(=O)N(Cc3ccccc3)C2)C1. The first-order chi connectivity index (χ1) is 12.6. The minimum absolute atomic E-state index is 0.136. The number of rotatable bonds is 6. The largest absolute Gasteiger partial charge is 0.356 e. The van der Waals surface area contributed by atoms with Crippen LogP contribution < -0.4 is 5.32 Å². The van der Waals surface area contributed by atoms with E-state index in [0.29, 0.717) is 25.9 Å². The molecule has 5 nitrogen and oxygen atoms in total. The van der Waals surface area contributed by atoms with E-state index in [1.165, 1.54) is 12.0 Å². The molecule has 26 heavy (non-hydrogen) atoms. The molecule has 1 spiro atoms. The highest BCUT2D eigenvalue weighted by molar-refractivity contribution is 5.77. The Morgan fingerprint density at radius 1 is 1.19 bits per heavy atom. The summed E-state index contributed by atoms with van der Waals surface area (Å²) in [5, 5.41) is 2.88. The smallest absolute Gasteiger partial charge is 0.222 e. The zero-order valence-corrected chi connectivity index (χ0v) is 15.9. The predicted molar refractivity (Wildman–Crippen MR) is 103 cm³/mol. The van der Waals surface area contributed by atoms with Crippen molar-refractivity contribution in [3.8, 4) is 0 Å². The average Bonchev–Trinajstić information content (AvgIpc) is 2.65. The van der Waals surface area contributed by atoms with E-state index in [0.717, 1.165) is 39.0 Å². The molecule has 2 heterocycles. The molecule has 2 aliphatic heterocycles. The minimum atomic E-state index is 0.136. The second-order valence-corrected chi connectivity index (χ2v) is 7.82. The molecule has 2 saturated heterocycles. The van der Waals surface area contributed by atoms with E-state index in [-0.39, 0.29) is 17.2 Å². The molecule has 1 aromatic carbocycles. The summed E-state index contributed by atoms with van der Waals surface area (Å²) in [5.74, 6) is 0.413. The summed E-state index contributed by atoms with van der Waals surface area (Å²) < 4.78 is 0. The molecule has 0 aromatic heterocycles. The van der Waals surface area contributed by atoms with Crippen molar-refractivity contribution in [3.05, 3.63) is 35.9 Å².